The van der Waals surface area contributed by atoms with E-state index in [2.05, 4.69) is 10.2 Å². The first kappa shape index (κ1) is 11.7. The fourth-order valence-electron chi connectivity index (χ4n) is 2.71. The van der Waals surface area contributed by atoms with E-state index in [1.807, 2.05) is 4.90 Å². The minimum atomic E-state index is 0.0694. The van der Waals surface area contributed by atoms with E-state index in [9.17, 15) is 4.79 Å². The van der Waals surface area contributed by atoms with Crippen LogP contribution in [0.1, 0.15) is 47.4 Å². The number of nitrogens with zero attached hydrogens (tertiary/aromatic N) is 2. The summed E-state index contributed by atoms with van der Waals surface area (Å²) in [5, 5.41) is 7.19. The fraction of sp³-hybridized carbons (Fsp3) is 0.692. The molecule has 3 heterocycles. The number of rotatable bonds is 1. The molecule has 18 heavy (non-hydrogen) atoms. The molecule has 0 bridgehead atoms. The molecular weight excluding hydrogens is 230 g/mol. The number of nitrogens with one attached hydrogen (secondary N) is 1. The standard InChI is InChI=1S/C13H19N3O2/c17-13(16-6-3-1-2-4-7-16)12-10-9-18-8-5-11(10)14-15-12/h1-9H2,(H,14,15). The van der Waals surface area contributed by atoms with Crippen LogP contribution in [0.15, 0.2) is 0 Å². The van der Waals surface area contributed by atoms with Crippen molar-refractivity contribution in [1.82, 2.24) is 15.1 Å². The zero-order valence-corrected chi connectivity index (χ0v) is 10.6. The second-order valence-corrected chi connectivity index (χ2v) is 5.04. The van der Waals surface area contributed by atoms with Crippen molar-refractivity contribution in [3.8, 4) is 0 Å². The highest BCUT2D eigenvalue weighted by Gasteiger charge is 2.26. The SMILES string of the molecule is O=C(c1n[nH]c2c1COCC2)N1CCCCCC1. The predicted octanol–water partition coefficient (Wildman–Crippen LogP) is 1.50. The number of amides is 1. The van der Waals surface area contributed by atoms with Gasteiger partial charge < -0.3 is 9.64 Å². The van der Waals surface area contributed by atoms with Crippen LogP contribution >= 0.6 is 0 Å². The van der Waals surface area contributed by atoms with Crippen molar-refractivity contribution in [2.24, 2.45) is 0 Å². The molecule has 1 aromatic rings. The Balaban J connectivity index is 1.80. The summed E-state index contributed by atoms with van der Waals surface area (Å²) in [4.78, 5) is 14.4. The molecular formula is C13H19N3O2. The van der Waals surface area contributed by atoms with Crippen molar-refractivity contribution in [2.45, 2.75) is 38.7 Å². The van der Waals surface area contributed by atoms with Gasteiger partial charge in [-0.2, -0.15) is 5.10 Å². The molecule has 1 aromatic heterocycles. The molecule has 1 saturated heterocycles. The summed E-state index contributed by atoms with van der Waals surface area (Å²) in [5.74, 6) is 0.0694. The van der Waals surface area contributed by atoms with Crippen LogP contribution < -0.4 is 0 Å². The summed E-state index contributed by atoms with van der Waals surface area (Å²) in [7, 11) is 0. The largest absolute Gasteiger partial charge is 0.376 e. The Labute approximate surface area is 107 Å². The summed E-state index contributed by atoms with van der Waals surface area (Å²) in [6, 6.07) is 0. The number of ether oxygens (including phenoxy) is 1. The van der Waals surface area contributed by atoms with Crippen LogP contribution in [-0.2, 0) is 17.8 Å². The van der Waals surface area contributed by atoms with Crippen molar-refractivity contribution >= 4 is 5.91 Å². The van der Waals surface area contributed by atoms with E-state index in [0.717, 1.165) is 43.6 Å². The molecule has 1 N–H and O–H groups in total. The number of aromatic nitrogens is 2. The van der Waals surface area contributed by atoms with E-state index >= 15 is 0 Å². The number of fused-ring (bicyclic) bond motifs is 1. The van der Waals surface area contributed by atoms with Crippen molar-refractivity contribution in [3.05, 3.63) is 17.0 Å². The zero-order valence-electron chi connectivity index (χ0n) is 10.6. The summed E-state index contributed by atoms with van der Waals surface area (Å²) in [5.41, 5.74) is 2.61. The Morgan fingerprint density at radius 1 is 1.22 bits per heavy atom. The summed E-state index contributed by atoms with van der Waals surface area (Å²) in [6.45, 7) is 2.95. The van der Waals surface area contributed by atoms with Gasteiger partial charge in [0.2, 0.25) is 0 Å². The van der Waals surface area contributed by atoms with Gasteiger partial charge in [0.05, 0.1) is 13.2 Å². The maximum Gasteiger partial charge on any atom is 0.274 e. The number of hydrogen-bond donors (Lipinski definition) is 1. The molecule has 0 unspecified atom stereocenters. The number of H-pyrrole nitrogens is 1. The van der Waals surface area contributed by atoms with Gasteiger partial charge >= 0.3 is 0 Å². The van der Waals surface area contributed by atoms with Crippen molar-refractivity contribution < 1.29 is 9.53 Å². The lowest BCUT2D eigenvalue weighted by Crippen LogP contribution is -2.33. The molecule has 0 spiro atoms. The molecule has 98 valence electrons. The van der Waals surface area contributed by atoms with Gasteiger partial charge in [0.15, 0.2) is 5.69 Å². The minimum absolute atomic E-state index is 0.0694. The lowest BCUT2D eigenvalue weighted by atomic mass is 10.1. The van der Waals surface area contributed by atoms with E-state index < -0.39 is 0 Å². The maximum absolute atomic E-state index is 12.5. The molecule has 3 rings (SSSR count). The van der Waals surface area contributed by atoms with Crippen LogP contribution in [0.3, 0.4) is 0 Å². The van der Waals surface area contributed by atoms with Gasteiger partial charge in [-0.3, -0.25) is 9.89 Å². The molecule has 1 amide bonds. The van der Waals surface area contributed by atoms with Gasteiger partial charge in [-0.15, -0.1) is 0 Å². The summed E-state index contributed by atoms with van der Waals surface area (Å²) >= 11 is 0. The molecule has 5 heteroatoms. The second kappa shape index (κ2) is 5.10. The van der Waals surface area contributed by atoms with Crippen LogP contribution in [0, 0.1) is 0 Å². The second-order valence-electron chi connectivity index (χ2n) is 5.04. The first-order valence-corrected chi connectivity index (χ1v) is 6.79. The average Bonchev–Trinajstić information content (AvgIpc) is 2.65. The smallest absolute Gasteiger partial charge is 0.274 e. The van der Waals surface area contributed by atoms with Crippen LogP contribution in [0.4, 0.5) is 0 Å². The van der Waals surface area contributed by atoms with Crippen LogP contribution in [-0.4, -0.2) is 40.7 Å². The topological polar surface area (TPSA) is 58.2 Å². The molecule has 1 fully saturated rings. The Morgan fingerprint density at radius 2 is 2.00 bits per heavy atom. The summed E-state index contributed by atoms with van der Waals surface area (Å²) in [6.07, 6.45) is 5.50. The van der Waals surface area contributed by atoms with Gasteiger partial charge in [-0.25, -0.2) is 0 Å². The third-order valence-electron chi connectivity index (χ3n) is 3.79. The van der Waals surface area contributed by atoms with Crippen LogP contribution in [0.2, 0.25) is 0 Å². The average molecular weight is 249 g/mol. The Hall–Kier alpha value is -1.36. The van der Waals surface area contributed by atoms with Crippen molar-refractivity contribution in [3.63, 3.8) is 0 Å². The number of likely N-dealkylation sites (tertiary alicyclic amines) is 1. The first-order chi connectivity index (χ1) is 8.86. The minimum Gasteiger partial charge on any atom is -0.376 e. The molecule has 0 atom stereocenters. The maximum atomic E-state index is 12.5. The van der Waals surface area contributed by atoms with Crippen LogP contribution in [0.5, 0.6) is 0 Å². The molecule has 0 radical (unpaired) electrons. The van der Waals surface area contributed by atoms with Crippen LogP contribution in [0.25, 0.3) is 0 Å². The van der Waals surface area contributed by atoms with Crippen molar-refractivity contribution in [2.75, 3.05) is 19.7 Å². The Bertz CT molecular complexity index is 433. The summed E-state index contributed by atoms with van der Waals surface area (Å²) < 4.78 is 5.43. The lowest BCUT2D eigenvalue weighted by molar-refractivity contribution is 0.0742. The third kappa shape index (κ3) is 2.14. The fourth-order valence-corrected chi connectivity index (χ4v) is 2.71. The molecule has 2 aliphatic rings. The third-order valence-corrected chi connectivity index (χ3v) is 3.79. The first-order valence-electron chi connectivity index (χ1n) is 6.79. The number of carbonyl (C=O) groups excluding carboxylic acids is 1. The van der Waals surface area contributed by atoms with E-state index in [-0.39, 0.29) is 5.91 Å². The zero-order chi connectivity index (χ0) is 12.4. The molecule has 2 aliphatic heterocycles. The van der Waals surface area contributed by atoms with E-state index in [1.54, 1.807) is 0 Å². The monoisotopic (exact) mass is 249 g/mol. The van der Waals surface area contributed by atoms with Gasteiger partial charge in [-0.05, 0) is 12.8 Å². The normalized spacial score (nSPS) is 20.3. The Morgan fingerprint density at radius 3 is 2.78 bits per heavy atom. The highest BCUT2D eigenvalue weighted by molar-refractivity contribution is 5.94. The number of hydrogen-bond acceptors (Lipinski definition) is 3. The molecule has 0 aliphatic carbocycles. The molecule has 0 aromatic carbocycles. The Kier molecular flexibility index (Phi) is 3.32. The van der Waals surface area contributed by atoms with E-state index in [4.69, 9.17) is 4.74 Å². The van der Waals surface area contributed by atoms with E-state index in [0.29, 0.717) is 18.9 Å². The lowest BCUT2D eigenvalue weighted by Gasteiger charge is -2.20. The van der Waals surface area contributed by atoms with Gasteiger partial charge in [0, 0.05) is 30.8 Å². The van der Waals surface area contributed by atoms with Gasteiger partial charge in [0.25, 0.3) is 5.91 Å². The van der Waals surface area contributed by atoms with Gasteiger partial charge in [-0.1, -0.05) is 12.8 Å². The molecule has 5 nitrogen and oxygen atoms in total. The van der Waals surface area contributed by atoms with Crippen molar-refractivity contribution in [1.29, 1.82) is 0 Å². The van der Waals surface area contributed by atoms with Gasteiger partial charge in [0.1, 0.15) is 0 Å². The number of aromatic amines is 1. The highest BCUT2D eigenvalue weighted by Crippen LogP contribution is 2.20. The number of carbonyl (C=O) groups is 1. The quantitative estimate of drug-likeness (QED) is 0.820. The molecule has 0 saturated carbocycles. The van der Waals surface area contributed by atoms with E-state index in [1.165, 1.54) is 12.8 Å². The predicted molar refractivity (Wildman–Crippen MR) is 66.3 cm³/mol. The highest BCUT2D eigenvalue weighted by atomic mass is 16.5.